The molecule has 1 aromatic rings. The highest BCUT2D eigenvalue weighted by Crippen LogP contribution is 2.38. The van der Waals surface area contributed by atoms with Gasteiger partial charge in [-0.05, 0) is 19.2 Å². The van der Waals surface area contributed by atoms with Gasteiger partial charge >= 0.3 is 5.97 Å². The predicted molar refractivity (Wildman–Crippen MR) is 74.8 cm³/mol. The van der Waals surface area contributed by atoms with Gasteiger partial charge in [0.1, 0.15) is 0 Å². The minimum Gasteiger partial charge on any atom is -0.443 e. The minimum atomic E-state index is -0.189. The van der Waals surface area contributed by atoms with Crippen molar-refractivity contribution in [3.8, 4) is 0 Å². The molecule has 0 aliphatic carbocycles. The Morgan fingerprint density at radius 2 is 2.00 bits per heavy atom. The topological polar surface area (TPSA) is 29.5 Å². The van der Waals surface area contributed by atoms with Crippen molar-refractivity contribution in [2.45, 2.75) is 19.3 Å². The summed E-state index contributed by atoms with van der Waals surface area (Å²) in [6.45, 7) is 7.50. The Bertz CT molecular complexity index is 418. The molecule has 0 amide bonds. The Kier molecular flexibility index (Phi) is 4.66. The van der Waals surface area contributed by atoms with Crippen LogP contribution < -0.4 is 0 Å². The SMILES string of the molecule is CCN(CC)CCSC1OC(=O)c2ccccc21. The molecule has 1 aliphatic heterocycles. The quantitative estimate of drug-likeness (QED) is 0.740. The molecule has 0 fully saturated rings. The van der Waals surface area contributed by atoms with E-state index in [0.29, 0.717) is 0 Å². The van der Waals surface area contributed by atoms with Crippen molar-refractivity contribution in [2.75, 3.05) is 25.4 Å². The lowest BCUT2D eigenvalue weighted by atomic mass is 10.1. The molecule has 1 unspecified atom stereocenters. The second kappa shape index (κ2) is 6.25. The number of hydrogen-bond acceptors (Lipinski definition) is 4. The van der Waals surface area contributed by atoms with Crippen LogP contribution in [-0.4, -0.2) is 36.3 Å². The minimum absolute atomic E-state index is 0.121. The van der Waals surface area contributed by atoms with Crippen molar-refractivity contribution in [2.24, 2.45) is 0 Å². The van der Waals surface area contributed by atoms with Gasteiger partial charge in [-0.25, -0.2) is 4.79 Å². The number of benzene rings is 1. The van der Waals surface area contributed by atoms with Crippen LogP contribution in [-0.2, 0) is 4.74 Å². The number of cyclic esters (lactones) is 1. The van der Waals surface area contributed by atoms with E-state index in [-0.39, 0.29) is 11.4 Å². The molecule has 0 N–H and O–H groups in total. The van der Waals surface area contributed by atoms with Crippen LogP contribution >= 0.6 is 11.8 Å². The van der Waals surface area contributed by atoms with E-state index in [1.54, 1.807) is 11.8 Å². The van der Waals surface area contributed by atoms with E-state index < -0.39 is 0 Å². The van der Waals surface area contributed by atoms with Crippen molar-refractivity contribution in [3.05, 3.63) is 35.4 Å². The van der Waals surface area contributed by atoms with Crippen LogP contribution in [0, 0.1) is 0 Å². The molecule has 0 radical (unpaired) electrons. The Morgan fingerprint density at radius 1 is 1.28 bits per heavy atom. The second-order valence-electron chi connectivity index (χ2n) is 4.22. The lowest BCUT2D eigenvalue weighted by Crippen LogP contribution is -2.25. The number of carbonyl (C=O) groups is 1. The third-order valence-corrected chi connectivity index (χ3v) is 4.29. The largest absolute Gasteiger partial charge is 0.443 e. The first kappa shape index (κ1) is 13.4. The fourth-order valence-electron chi connectivity index (χ4n) is 2.07. The van der Waals surface area contributed by atoms with Crippen LogP contribution in [0.4, 0.5) is 0 Å². The Labute approximate surface area is 113 Å². The first-order chi connectivity index (χ1) is 8.76. The summed E-state index contributed by atoms with van der Waals surface area (Å²) < 4.78 is 5.39. The summed E-state index contributed by atoms with van der Waals surface area (Å²) in [4.78, 5) is 14.0. The van der Waals surface area contributed by atoms with Crippen LogP contribution in [0.5, 0.6) is 0 Å². The molecule has 4 heteroatoms. The number of thioether (sulfide) groups is 1. The molecular weight excluding hydrogens is 246 g/mol. The predicted octanol–water partition coefficient (Wildman–Crippen LogP) is 2.93. The molecule has 2 rings (SSSR count). The van der Waals surface area contributed by atoms with Crippen LogP contribution in [0.1, 0.15) is 35.2 Å². The summed E-state index contributed by atoms with van der Waals surface area (Å²) in [5, 5.41) is 0. The van der Waals surface area contributed by atoms with Gasteiger partial charge in [0.25, 0.3) is 0 Å². The van der Waals surface area contributed by atoms with Crippen molar-refractivity contribution in [1.29, 1.82) is 0 Å². The van der Waals surface area contributed by atoms with Gasteiger partial charge in [0, 0.05) is 17.9 Å². The molecule has 0 saturated heterocycles. The monoisotopic (exact) mass is 265 g/mol. The van der Waals surface area contributed by atoms with Gasteiger partial charge in [0.15, 0.2) is 5.44 Å². The lowest BCUT2D eigenvalue weighted by molar-refractivity contribution is 0.0522. The maximum atomic E-state index is 11.6. The molecule has 18 heavy (non-hydrogen) atoms. The zero-order chi connectivity index (χ0) is 13.0. The van der Waals surface area contributed by atoms with E-state index in [2.05, 4.69) is 18.7 Å². The number of nitrogens with zero attached hydrogens (tertiary/aromatic N) is 1. The summed E-state index contributed by atoms with van der Waals surface area (Å²) in [6, 6.07) is 7.65. The van der Waals surface area contributed by atoms with E-state index in [0.717, 1.165) is 36.5 Å². The number of esters is 1. The molecule has 1 atom stereocenters. The second-order valence-corrected chi connectivity index (χ2v) is 5.39. The van der Waals surface area contributed by atoms with Gasteiger partial charge in [-0.15, -0.1) is 11.8 Å². The lowest BCUT2D eigenvalue weighted by Gasteiger charge is -2.18. The number of ether oxygens (including phenoxy) is 1. The highest BCUT2D eigenvalue weighted by atomic mass is 32.2. The molecule has 0 aromatic heterocycles. The fraction of sp³-hybridized carbons (Fsp3) is 0.500. The average Bonchev–Trinajstić information content (AvgIpc) is 2.72. The van der Waals surface area contributed by atoms with Crippen LogP contribution in [0.25, 0.3) is 0 Å². The third kappa shape index (κ3) is 2.87. The summed E-state index contributed by atoms with van der Waals surface area (Å²) in [7, 11) is 0. The Hall–Kier alpha value is -1.00. The maximum absolute atomic E-state index is 11.6. The molecule has 98 valence electrons. The van der Waals surface area contributed by atoms with E-state index >= 15 is 0 Å². The van der Waals surface area contributed by atoms with Crippen molar-refractivity contribution in [1.82, 2.24) is 4.90 Å². The maximum Gasteiger partial charge on any atom is 0.340 e. The van der Waals surface area contributed by atoms with Crippen LogP contribution in [0.2, 0.25) is 0 Å². The zero-order valence-corrected chi connectivity index (χ0v) is 11.7. The van der Waals surface area contributed by atoms with E-state index in [4.69, 9.17) is 4.74 Å². The molecule has 1 aliphatic rings. The summed E-state index contributed by atoms with van der Waals surface area (Å²) in [5.74, 6) is 0.791. The normalized spacial score (nSPS) is 17.9. The number of hydrogen-bond donors (Lipinski definition) is 0. The van der Waals surface area contributed by atoms with E-state index in [1.807, 2.05) is 24.3 Å². The number of fused-ring (bicyclic) bond motifs is 1. The third-order valence-electron chi connectivity index (χ3n) is 3.22. The average molecular weight is 265 g/mol. The summed E-state index contributed by atoms with van der Waals surface area (Å²) >= 11 is 1.70. The van der Waals surface area contributed by atoms with Gasteiger partial charge in [0.2, 0.25) is 0 Å². The molecule has 0 spiro atoms. The standard InChI is InChI=1S/C14H19NO2S/c1-3-15(4-2)9-10-18-14-12-8-6-5-7-11(12)13(16)17-14/h5-8,14H,3-4,9-10H2,1-2H3. The van der Waals surface area contributed by atoms with Gasteiger partial charge in [-0.1, -0.05) is 32.0 Å². The number of carbonyl (C=O) groups excluding carboxylic acids is 1. The highest BCUT2D eigenvalue weighted by molar-refractivity contribution is 7.99. The highest BCUT2D eigenvalue weighted by Gasteiger charge is 2.30. The Morgan fingerprint density at radius 3 is 2.72 bits per heavy atom. The summed E-state index contributed by atoms with van der Waals surface area (Å²) in [6.07, 6.45) is 0. The van der Waals surface area contributed by atoms with E-state index in [9.17, 15) is 4.79 Å². The van der Waals surface area contributed by atoms with Gasteiger partial charge in [0.05, 0.1) is 5.56 Å². The molecule has 0 bridgehead atoms. The Balaban J connectivity index is 1.90. The number of rotatable bonds is 6. The van der Waals surface area contributed by atoms with Gasteiger partial charge in [-0.2, -0.15) is 0 Å². The zero-order valence-electron chi connectivity index (χ0n) is 10.9. The molecule has 3 nitrogen and oxygen atoms in total. The van der Waals surface area contributed by atoms with Gasteiger partial charge < -0.3 is 9.64 Å². The smallest absolute Gasteiger partial charge is 0.340 e. The molecular formula is C14H19NO2S. The van der Waals surface area contributed by atoms with Crippen molar-refractivity contribution < 1.29 is 9.53 Å². The first-order valence-electron chi connectivity index (χ1n) is 6.40. The van der Waals surface area contributed by atoms with Crippen LogP contribution in [0.15, 0.2) is 24.3 Å². The van der Waals surface area contributed by atoms with Gasteiger partial charge in [-0.3, -0.25) is 0 Å². The fourth-order valence-corrected chi connectivity index (χ4v) is 3.18. The van der Waals surface area contributed by atoms with Crippen molar-refractivity contribution >= 4 is 17.7 Å². The summed E-state index contributed by atoms with van der Waals surface area (Å²) in [5.41, 5.74) is 1.62. The molecule has 1 aromatic carbocycles. The van der Waals surface area contributed by atoms with Crippen LogP contribution in [0.3, 0.4) is 0 Å². The molecule has 1 heterocycles. The van der Waals surface area contributed by atoms with Crippen molar-refractivity contribution in [3.63, 3.8) is 0 Å². The first-order valence-corrected chi connectivity index (χ1v) is 7.45. The van der Waals surface area contributed by atoms with E-state index in [1.165, 1.54) is 0 Å². The molecule has 0 saturated carbocycles.